The minimum atomic E-state index is -1.80. The molecule has 2 aromatic carbocycles. The zero-order chi connectivity index (χ0) is 19.6. The molecule has 28 heavy (non-hydrogen) atoms. The highest BCUT2D eigenvalue weighted by Gasteiger charge is 2.47. The van der Waals surface area contributed by atoms with Gasteiger partial charge >= 0.3 is 5.97 Å². The fourth-order valence-electron chi connectivity index (χ4n) is 4.95. The Morgan fingerprint density at radius 1 is 1.00 bits per heavy atom. The number of aliphatic hydroxyl groups is 1. The Balaban J connectivity index is 1.62. The van der Waals surface area contributed by atoms with Gasteiger partial charge in [0.15, 0.2) is 0 Å². The second-order valence-corrected chi connectivity index (χ2v) is 8.00. The van der Waals surface area contributed by atoms with Gasteiger partial charge in [-0.15, -0.1) is 0 Å². The Morgan fingerprint density at radius 3 is 2.14 bits per heavy atom. The zero-order valence-corrected chi connectivity index (χ0v) is 16.5. The van der Waals surface area contributed by atoms with Crippen LogP contribution >= 0.6 is 0 Å². The number of fused-ring (bicyclic) bond motifs is 2. The molecule has 0 aromatic heterocycles. The van der Waals surface area contributed by atoms with E-state index in [4.69, 9.17) is 4.74 Å². The van der Waals surface area contributed by atoms with Gasteiger partial charge in [-0.1, -0.05) is 67.6 Å². The maximum absolute atomic E-state index is 13.4. The van der Waals surface area contributed by atoms with Gasteiger partial charge in [0.1, 0.15) is 6.10 Å². The number of nitrogens with zero attached hydrogens (tertiary/aromatic N) is 1. The van der Waals surface area contributed by atoms with Crippen LogP contribution in [0.25, 0.3) is 0 Å². The zero-order valence-electron chi connectivity index (χ0n) is 16.5. The lowest BCUT2D eigenvalue weighted by atomic mass is 9.86. The second-order valence-electron chi connectivity index (χ2n) is 8.00. The Labute approximate surface area is 167 Å². The molecular formula is C24H29NO3. The predicted octanol–water partition coefficient (Wildman–Crippen LogP) is 3.87. The highest BCUT2D eigenvalue weighted by atomic mass is 16.6. The van der Waals surface area contributed by atoms with Crippen molar-refractivity contribution in [1.29, 1.82) is 0 Å². The Hall–Kier alpha value is -2.17. The summed E-state index contributed by atoms with van der Waals surface area (Å²) < 4.78 is 6.04. The van der Waals surface area contributed by atoms with Crippen LogP contribution in [0, 0.1) is 0 Å². The van der Waals surface area contributed by atoms with Crippen molar-refractivity contribution in [1.82, 2.24) is 4.90 Å². The molecule has 3 atom stereocenters. The molecule has 148 valence electrons. The number of rotatable bonds is 6. The Kier molecular flexibility index (Phi) is 5.51. The van der Waals surface area contributed by atoms with Gasteiger partial charge in [-0.05, 0) is 49.8 Å². The molecule has 2 saturated heterocycles. The minimum Gasteiger partial charge on any atom is -0.458 e. The number of hydrogen-bond donors (Lipinski definition) is 1. The molecule has 2 fully saturated rings. The molecule has 2 aliphatic heterocycles. The van der Waals surface area contributed by atoms with Gasteiger partial charge < -0.3 is 9.84 Å². The van der Waals surface area contributed by atoms with Crippen molar-refractivity contribution < 1.29 is 14.6 Å². The largest absolute Gasteiger partial charge is 0.458 e. The van der Waals surface area contributed by atoms with Gasteiger partial charge in [-0.2, -0.15) is 0 Å². The predicted molar refractivity (Wildman–Crippen MR) is 109 cm³/mol. The van der Waals surface area contributed by atoms with Gasteiger partial charge in [-0.25, -0.2) is 4.79 Å². The molecule has 2 aliphatic rings. The molecule has 2 aromatic rings. The fourth-order valence-corrected chi connectivity index (χ4v) is 4.95. The number of carbonyl (C=O) groups excluding carboxylic acids is 1. The van der Waals surface area contributed by atoms with Crippen molar-refractivity contribution in [2.24, 2.45) is 0 Å². The van der Waals surface area contributed by atoms with Crippen molar-refractivity contribution in [2.75, 3.05) is 6.54 Å². The molecule has 1 N–H and O–H groups in total. The maximum Gasteiger partial charge on any atom is 0.348 e. The number of benzene rings is 2. The van der Waals surface area contributed by atoms with Crippen molar-refractivity contribution >= 4 is 5.97 Å². The second kappa shape index (κ2) is 8.06. The standard InChI is InChI=1S/C24H29NO3/c1-2-17-25-20-13-15-21(25)22(16-14-20)28-23(26)24(27,18-9-5-3-6-10-18)19-11-7-4-8-12-19/h3-12,20-22,27H,2,13-17H2,1H3/t20?,21-,22?/m0/s1. The van der Waals surface area contributed by atoms with Gasteiger partial charge in [0.2, 0.25) is 5.60 Å². The average Bonchev–Trinajstić information content (AvgIpc) is 3.02. The van der Waals surface area contributed by atoms with E-state index in [1.165, 1.54) is 6.42 Å². The summed E-state index contributed by atoms with van der Waals surface area (Å²) in [6.07, 6.45) is 5.13. The summed E-state index contributed by atoms with van der Waals surface area (Å²) in [5, 5.41) is 11.6. The topological polar surface area (TPSA) is 49.8 Å². The molecule has 4 rings (SSSR count). The minimum absolute atomic E-state index is 0.156. The Bertz CT molecular complexity index is 753. The van der Waals surface area contributed by atoms with E-state index in [-0.39, 0.29) is 12.1 Å². The average molecular weight is 380 g/mol. The summed E-state index contributed by atoms with van der Waals surface area (Å²) in [7, 11) is 0. The summed E-state index contributed by atoms with van der Waals surface area (Å²) in [6, 6.07) is 19.1. The van der Waals surface area contributed by atoms with Crippen molar-refractivity contribution in [3.05, 3.63) is 71.8 Å². The van der Waals surface area contributed by atoms with Crippen molar-refractivity contribution in [3.63, 3.8) is 0 Å². The molecule has 0 saturated carbocycles. The fraction of sp³-hybridized carbons (Fsp3) is 0.458. The van der Waals surface area contributed by atoms with Crippen LogP contribution in [0.15, 0.2) is 60.7 Å². The quantitative estimate of drug-likeness (QED) is 0.774. The van der Waals surface area contributed by atoms with E-state index in [2.05, 4.69) is 11.8 Å². The highest BCUT2D eigenvalue weighted by Crippen LogP contribution is 2.39. The normalized spacial score (nSPS) is 24.9. The summed E-state index contributed by atoms with van der Waals surface area (Å²) in [4.78, 5) is 15.9. The van der Waals surface area contributed by atoms with Gasteiger partial charge in [0, 0.05) is 12.1 Å². The van der Waals surface area contributed by atoms with Crippen LogP contribution in [-0.2, 0) is 15.1 Å². The molecule has 0 amide bonds. The van der Waals surface area contributed by atoms with E-state index in [0.717, 1.165) is 32.2 Å². The van der Waals surface area contributed by atoms with E-state index >= 15 is 0 Å². The molecule has 0 radical (unpaired) electrons. The van der Waals surface area contributed by atoms with E-state index < -0.39 is 11.6 Å². The van der Waals surface area contributed by atoms with Crippen LogP contribution in [0.1, 0.15) is 50.2 Å². The molecule has 2 unspecified atom stereocenters. The monoisotopic (exact) mass is 379 g/mol. The lowest BCUT2D eigenvalue weighted by molar-refractivity contribution is -0.173. The number of ether oxygens (including phenoxy) is 1. The summed E-state index contributed by atoms with van der Waals surface area (Å²) in [6.45, 7) is 3.24. The summed E-state index contributed by atoms with van der Waals surface area (Å²) >= 11 is 0. The highest BCUT2D eigenvalue weighted by molar-refractivity contribution is 5.85. The molecule has 2 heterocycles. The molecular weight excluding hydrogens is 350 g/mol. The van der Waals surface area contributed by atoms with Crippen LogP contribution in [0.4, 0.5) is 0 Å². The third kappa shape index (κ3) is 3.36. The number of hydrogen-bond acceptors (Lipinski definition) is 4. The van der Waals surface area contributed by atoms with Crippen LogP contribution in [0.5, 0.6) is 0 Å². The number of esters is 1. The lowest BCUT2D eigenvalue weighted by Gasteiger charge is -2.40. The summed E-state index contributed by atoms with van der Waals surface area (Å²) in [5.41, 5.74) is -0.721. The lowest BCUT2D eigenvalue weighted by Crippen LogP contribution is -2.51. The Morgan fingerprint density at radius 2 is 1.57 bits per heavy atom. The van der Waals surface area contributed by atoms with Crippen LogP contribution in [0.2, 0.25) is 0 Å². The van der Waals surface area contributed by atoms with E-state index in [1.54, 1.807) is 24.3 Å². The first kappa shape index (κ1) is 19.2. The van der Waals surface area contributed by atoms with Crippen LogP contribution in [0.3, 0.4) is 0 Å². The number of piperidine rings is 1. The first-order valence-electron chi connectivity index (χ1n) is 10.4. The van der Waals surface area contributed by atoms with E-state index in [1.807, 2.05) is 36.4 Å². The molecule has 2 bridgehead atoms. The third-order valence-electron chi connectivity index (χ3n) is 6.32. The third-order valence-corrected chi connectivity index (χ3v) is 6.32. The van der Waals surface area contributed by atoms with E-state index in [9.17, 15) is 9.90 Å². The number of carbonyl (C=O) groups is 1. The summed E-state index contributed by atoms with van der Waals surface area (Å²) in [5.74, 6) is -0.573. The molecule has 4 nitrogen and oxygen atoms in total. The van der Waals surface area contributed by atoms with Gasteiger partial charge in [0.25, 0.3) is 0 Å². The molecule has 0 aliphatic carbocycles. The first-order chi connectivity index (χ1) is 13.6. The van der Waals surface area contributed by atoms with E-state index in [0.29, 0.717) is 17.2 Å². The maximum atomic E-state index is 13.4. The van der Waals surface area contributed by atoms with Crippen LogP contribution < -0.4 is 0 Å². The first-order valence-corrected chi connectivity index (χ1v) is 10.4. The van der Waals surface area contributed by atoms with Crippen molar-refractivity contribution in [3.8, 4) is 0 Å². The van der Waals surface area contributed by atoms with Crippen LogP contribution in [-0.4, -0.2) is 40.7 Å². The molecule has 4 heteroatoms. The smallest absolute Gasteiger partial charge is 0.348 e. The van der Waals surface area contributed by atoms with Gasteiger partial charge in [-0.3, -0.25) is 4.90 Å². The molecule has 0 spiro atoms. The van der Waals surface area contributed by atoms with Crippen molar-refractivity contribution in [2.45, 2.75) is 62.8 Å². The SMILES string of the molecule is CCCN1C2CCC(OC(=O)C(O)(c3ccccc3)c3ccccc3)[C@@H]1CC2. The van der Waals surface area contributed by atoms with Gasteiger partial charge in [0.05, 0.1) is 0 Å².